The monoisotopic (exact) mass is 378 g/mol. The van der Waals surface area contributed by atoms with Crippen LogP contribution in [0.5, 0.6) is 0 Å². The zero-order valence-electron chi connectivity index (χ0n) is 14.5. The molecular weight excluding hydrogens is 364 g/mol. The summed E-state index contributed by atoms with van der Waals surface area (Å²) < 4.78 is 27.5. The molecule has 27 heavy (non-hydrogen) atoms. The lowest BCUT2D eigenvalue weighted by molar-refractivity contribution is 0.596. The average molecular weight is 378 g/mol. The van der Waals surface area contributed by atoms with Crippen LogP contribution in [-0.2, 0) is 10.0 Å². The maximum atomic E-state index is 13.0. The van der Waals surface area contributed by atoms with Crippen molar-refractivity contribution in [2.24, 2.45) is 0 Å². The summed E-state index contributed by atoms with van der Waals surface area (Å²) in [6, 6.07) is 13.6. The molecule has 4 aromatic rings. The van der Waals surface area contributed by atoms with Crippen molar-refractivity contribution in [1.29, 1.82) is 5.26 Å². The number of nitriles is 1. The van der Waals surface area contributed by atoms with E-state index in [1.54, 1.807) is 36.4 Å². The second kappa shape index (κ2) is 5.79. The molecule has 3 heterocycles. The number of hydrogen-bond donors (Lipinski definition) is 0. The number of rotatable bonds is 2. The summed E-state index contributed by atoms with van der Waals surface area (Å²) >= 11 is 0. The minimum Gasteiger partial charge on any atom is -0.272 e. The van der Waals surface area contributed by atoms with Gasteiger partial charge < -0.3 is 0 Å². The molecule has 7 nitrogen and oxygen atoms in total. The largest absolute Gasteiger partial charge is 0.273 e. The van der Waals surface area contributed by atoms with E-state index in [0.29, 0.717) is 22.1 Å². The zero-order chi connectivity index (χ0) is 19.3. The van der Waals surface area contributed by atoms with Crippen LogP contribution >= 0.6 is 0 Å². The average Bonchev–Trinajstić information content (AvgIpc) is 2.96. The van der Waals surface area contributed by atoms with E-state index in [1.165, 1.54) is 16.8 Å². The first-order valence-corrected chi connectivity index (χ1v) is 9.90. The Kier molecular flexibility index (Phi) is 3.64. The highest BCUT2D eigenvalue weighted by molar-refractivity contribution is 7.89. The lowest BCUT2D eigenvalue weighted by Crippen LogP contribution is -2.22. The molecule has 0 spiro atoms. The predicted octanol–water partition coefficient (Wildman–Crippen LogP) is 2.33. The summed E-state index contributed by atoms with van der Waals surface area (Å²) in [6.45, 7) is 1.82. The van der Waals surface area contributed by atoms with Crippen LogP contribution in [0.25, 0.3) is 27.6 Å². The highest BCUT2D eigenvalue weighted by Crippen LogP contribution is 2.31. The molecule has 0 amide bonds. The summed E-state index contributed by atoms with van der Waals surface area (Å²) in [4.78, 5) is 17.2. The molecule has 0 aliphatic carbocycles. The molecule has 0 aliphatic rings. The van der Waals surface area contributed by atoms with Crippen LogP contribution in [0.1, 0.15) is 11.3 Å². The van der Waals surface area contributed by atoms with Crippen molar-refractivity contribution in [2.45, 2.75) is 6.92 Å². The van der Waals surface area contributed by atoms with Gasteiger partial charge in [0.05, 0.1) is 34.7 Å². The lowest BCUT2D eigenvalue weighted by atomic mass is 10.2. The van der Waals surface area contributed by atoms with Crippen LogP contribution in [0.2, 0.25) is 0 Å². The summed E-state index contributed by atoms with van der Waals surface area (Å²) in [7, 11) is -3.68. The van der Waals surface area contributed by atoms with Crippen LogP contribution in [0, 0.1) is 18.3 Å². The fourth-order valence-electron chi connectivity index (χ4n) is 3.27. The van der Waals surface area contributed by atoms with Gasteiger partial charge in [-0.3, -0.25) is 14.3 Å². The molecule has 0 aliphatic heterocycles. The van der Waals surface area contributed by atoms with E-state index in [-0.39, 0.29) is 11.1 Å². The molecule has 0 atom stereocenters. The smallest absolute Gasteiger partial charge is 0.272 e. The Morgan fingerprint density at radius 3 is 2.48 bits per heavy atom. The van der Waals surface area contributed by atoms with E-state index in [4.69, 9.17) is 0 Å². The van der Waals surface area contributed by atoms with Gasteiger partial charge in [0.1, 0.15) is 11.6 Å². The third-order valence-corrected chi connectivity index (χ3v) is 5.44. The fraction of sp³-hybridized carbons (Fsp3) is 0.105. The number of pyridine rings is 2. The van der Waals surface area contributed by atoms with E-state index < -0.39 is 15.6 Å². The Balaban J connectivity index is 2.35. The van der Waals surface area contributed by atoms with Gasteiger partial charge in [-0.1, -0.05) is 18.2 Å². The number of aromatic nitrogens is 3. The number of nitrogens with zero attached hydrogens (tertiary/aromatic N) is 4. The Bertz CT molecular complexity index is 1420. The molecule has 0 radical (unpaired) electrons. The Hall–Kier alpha value is -3.44. The second-order valence-electron chi connectivity index (χ2n) is 6.25. The summed E-state index contributed by atoms with van der Waals surface area (Å²) in [5, 5.41) is 10.0. The van der Waals surface area contributed by atoms with Gasteiger partial charge in [0.15, 0.2) is 0 Å². The topological polar surface area (TPSA) is 97.7 Å². The molecule has 4 rings (SSSR count). The Labute approximate surface area is 154 Å². The lowest BCUT2D eigenvalue weighted by Gasteiger charge is -2.10. The maximum Gasteiger partial charge on any atom is 0.273 e. The molecule has 0 saturated carbocycles. The van der Waals surface area contributed by atoms with Gasteiger partial charge in [-0.2, -0.15) is 5.26 Å². The van der Waals surface area contributed by atoms with Crippen LogP contribution in [0.3, 0.4) is 0 Å². The van der Waals surface area contributed by atoms with Gasteiger partial charge in [0, 0.05) is 11.1 Å². The zero-order valence-corrected chi connectivity index (χ0v) is 15.4. The summed E-state index contributed by atoms with van der Waals surface area (Å²) in [6.07, 6.45) is 2.62. The van der Waals surface area contributed by atoms with E-state index in [0.717, 1.165) is 15.9 Å². The molecule has 0 saturated heterocycles. The van der Waals surface area contributed by atoms with Crippen LogP contribution < -0.4 is 5.56 Å². The van der Waals surface area contributed by atoms with Crippen molar-refractivity contribution < 1.29 is 8.42 Å². The van der Waals surface area contributed by atoms with Gasteiger partial charge >= 0.3 is 0 Å². The van der Waals surface area contributed by atoms with Crippen LogP contribution in [0.4, 0.5) is 0 Å². The first-order valence-electron chi connectivity index (χ1n) is 8.06. The van der Waals surface area contributed by atoms with Gasteiger partial charge in [-0.05, 0) is 31.2 Å². The standard InChI is InChI=1S/C19H14N4O3S/c1-12-7-8-14(11-21-12)22-18-15-5-3-4-6-16(15)23(27(2,25)26)17(18)9-13(10-20)19(22)24/h3-9,11H,1-2H3. The van der Waals surface area contributed by atoms with E-state index >= 15 is 0 Å². The van der Waals surface area contributed by atoms with Gasteiger partial charge in [0.2, 0.25) is 10.0 Å². The Morgan fingerprint density at radius 1 is 1.11 bits per heavy atom. The number of aryl methyl sites for hydroxylation is 1. The van der Waals surface area contributed by atoms with Crippen molar-refractivity contribution in [3.63, 3.8) is 0 Å². The predicted molar refractivity (Wildman–Crippen MR) is 103 cm³/mol. The van der Waals surface area contributed by atoms with E-state index in [2.05, 4.69) is 4.98 Å². The highest BCUT2D eigenvalue weighted by Gasteiger charge is 2.22. The van der Waals surface area contributed by atoms with Crippen molar-refractivity contribution >= 4 is 32.0 Å². The van der Waals surface area contributed by atoms with Crippen molar-refractivity contribution in [3.8, 4) is 11.8 Å². The first kappa shape index (κ1) is 17.0. The Morgan fingerprint density at radius 2 is 1.85 bits per heavy atom. The third kappa shape index (κ3) is 2.52. The normalized spacial score (nSPS) is 11.7. The molecule has 134 valence electrons. The minimum absolute atomic E-state index is 0.143. The molecule has 0 N–H and O–H groups in total. The van der Waals surface area contributed by atoms with Crippen LogP contribution in [0.15, 0.2) is 53.5 Å². The minimum atomic E-state index is -3.68. The molecule has 0 unspecified atom stereocenters. The van der Waals surface area contributed by atoms with Crippen molar-refractivity contribution in [3.05, 3.63) is 70.3 Å². The molecule has 3 aromatic heterocycles. The molecule has 1 aromatic carbocycles. The van der Waals surface area contributed by atoms with E-state index in [9.17, 15) is 18.5 Å². The fourth-order valence-corrected chi connectivity index (χ4v) is 4.29. The van der Waals surface area contributed by atoms with Gasteiger partial charge in [-0.15, -0.1) is 0 Å². The number of para-hydroxylation sites is 1. The second-order valence-corrected chi connectivity index (χ2v) is 8.08. The van der Waals surface area contributed by atoms with Gasteiger partial charge in [-0.25, -0.2) is 12.4 Å². The molecule has 8 heteroatoms. The van der Waals surface area contributed by atoms with Crippen molar-refractivity contribution in [2.75, 3.05) is 6.26 Å². The summed E-state index contributed by atoms with van der Waals surface area (Å²) in [5.74, 6) is 0. The third-order valence-electron chi connectivity index (χ3n) is 4.38. The van der Waals surface area contributed by atoms with Gasteiger partial charge in [0.25, 0.3) is 5.56 Å². The maximum absolute atomic E-state index is 13.0. The molecule has 0 bridgehead atoms. The van der Waals surface area contributed by atoms with Crippen molar-refractivity contribution in [1.82, 2.24) is 13.5 Å². The molecule has 0 fully saturated rings. The van der Waals surface area contributed by atoms with Crippen LogP contribution in [-0.4, -0.2) is 28.2 Å². The summed E-state index contributed by atoms with van der Waals surface area (Å²) in [5.41, 5.74) is 1.71. The first-order chi connectivity index (χ1) is 12.8. The number of benzene rings is 1. The van der Waals surface area contributed by atoms with E-state index in [1.807, 2.05) is 13.0 Å². The SMILES string of the molecule is Cc1ccc(-n2c(=O)c(C#N)cc3c2c2ccccc2n3S(C)(=O)=O)cn1. The molecular formula is C19H14N4O3S. The number of hydrogen-bond acceptors (Lipinski definition) is 5. The quantitative estimate of drug-likeness (QED) is 0.533. The highest BCUT2D eigenvalue weighted by atomic mass is 32.2. The number of fused-ring (bicyclic) bond motifs is 3.